The molecule has 2 aromatic rings. The van der Waals surface area contributed by atoms with Gasteiger partial charge in [-0.2, -0.15) is 14.6 Å². The van der Waals surface area contributed by atoms with E-state index < -0.39 is 21.3 Å². The Morgan fingerprint density at radius 3 is 2.50 bits per heavy atom. The van der Waals surface area contributed by atoms with Gasteiger partial charge in [-0.3, -0.25) is 9.74 Å². The van der Waals surface area contributed by atoms with Crippen LogP contribution in [0, 0.1) is 11.3 Å². The number of rotatable bonds is 5. The van der Waals surface area contributed by atoms with Gasteiger partial charge in [-0.05, 0) is 23.3 Å². The number of sulfonamides is 1. The molecule has 2 aromatic carbocycles. The molecular weight excluding hydrogens is 400 g/mol. The standard InChI is InChI=1S/C22H26N4O3S/c1-24-22(20-9-5-8-19(14-20)15-23)21(17-29-24)30(27,28)26-12-10-25(11-13-26)16-18-6-3-2-4-7-18/h2-9,14,21-22H,10-13,16-17H2,1H3. The lowest BCUT2D eigenvalue weighted by Crippen LogP contribution is -2.51. The molecule has 2 aliphatic rings. The molecule has 2 fully saturated rings. The summed E-state index contributed by atoms with van der Waals surface area (Å²) in [5.41, 5.74) is 2.53. The van der Waals surface area contributed by atoms with E-state index in [9.17, 15) is 13.7 Å². The molecule has 2 unspecified atom stereocenters. The van der Waals surface area contributed by atoms with Crippen molar-refractivity contribution >= 4 is 10.0 Å². The zero-order valence-electron chi connectivity index (χ0n) is 17.0. The molecule has 2 aliphatic heterocycles. The van der Waals surface area contributed by atoms with Gasteiger partial charge < -0.3 is 0 Å². The maximum absolute atomic E-state index is 13.5. The third-order valence-corrected chi connectivity index (χ3v) is 8.11. The fourth-order valence-electron chi connectivity index (χ4n) is 4.24. The molecule has 30 heavy (non-hydrogen) atoms. The average Bonchev–Trinajstić information content (AvgIpc) is 3.17. The normalized spacial score (nSPS) is 24.0. The molecule has 0 aliphatic carbocycles. The van der Waals surface area contributed by atoms with Crippen LogP contribution in [-0.2, 0) is 21.4 Å². The number of benzene rings is 2. The summed E-state index contributed by atoms with van der Waals surface area (Å²) >= 11 is 0. The molecule has 4 rings (SSSR count). The second-order valence-electron chi connectivity index (χ2n) is 7.77. The third-order valence-electron chi connectivity index (χ3n) is 5.87. The summed E-state index contributed by atoms with van der Waals surface area (Å²) in [6.07, 6.45) is 0. The third kappa shape index (κ3) is 4.26. The molecule has 0 saturated carbocycles. The summed E-state index contributed by atoms with van der Waals surface area (Å²) in [6.45, 7) is 3.29. The Hall–Kier alpha value is -2.28. The van der Waals surface area contributed by atoms with Crippen LogP contribution in [0.25, 0.3) is 0 Å². The van der Waals surface area contributed by atoms with E-state index in [1.165, 1.54) is 5.56 Å². The first-order chi connectivity index (χ1) is 14.5. The summed E-state index contributed by atoms with van der Waals surface area (Å²) in [7, 11) is -1.80. The van der Waals surface area contributed by atoms with Crippen LogP contribution in [0.3, 0.4) is 0 Å². The molecule has 2 saturated heterocycles. The lowest BCUT2D eigenvalue weighted by Gasteiger charge is -2.36. The monoisotopic (exact) mass is 426 g/mol. The quantitative estimate of drug-likeness (QED) is 0.728. The SMILES string of the molecule is CN1OCC(S(=O)(=O)N2CCN(Cc3ccccc3)CC2)C1c1cccc(C#N)c1. The molecule has 0 N–H and O–H groups in total. The van der Waals surface area contributed by atoms with E-state index in [1.54, 1.807) is 34.6 Å². The van der Waals surface area contributed by atoms with Gasteiger partial charge >= 0.3 is 0 Å². The van der Waals surface area contributed by atoms with Gasteiger partial charge in [-0.25, -0.2) is 8.42 Å². The Balaban J connectivity index is 1.47. The number of piperazine rings is 1. The Morgan fingerprint density at radius 2 is 1.80 bits per heavy atom. The molecule has 0 amide bonds. The van der Waals surface area contributed by atoms with E-state index in [0.29, 0.717) is 31.7 Å². The van der Waals surface area contributed by atoms with E-state index in [0.717, 1.165) is 12.1 Å². The summed E-state index contributed by atoms with van der Waals surface area (Å²) in [5, 5.41) is 10.1. The molecule has 0 bridgehead atoms. The van der Waals surface area contributed by atoms with Gasteiger partial charge in [0.15, 0.2) is 0 Å². The lowest BCUT2D eigenvalue weighted by molar-refractivity contribution is -0.110. The van der Waals surface area contributed by atoms with Gasteiger partial charge in [-0.1, -0.05) is 42.5 Å². The van der Waals surface area contributed by atoms with Crippen LogP contribution in [0.15, 0.2) is 54.6 Å². The second-order valence-corrected chi connectivity index (χ2v) is 9.92. The van der Waals surface area contributed by atoms with E-state index in [-0.39, 0.29) is 6.61 Å². The first-order valence-corrected chi connectivity index (χ1v) is 11.6. The molecule has 0 spiro atoms. The van der Waals surface area contributed by atoms with Crippen LogP contribution < -0.4 is 0 Å². The molecule has 0 aromatic heterocycles. The number of hydroxylamine groups is 2. The smallest absolute Gasteiger partial charge is 0.221 e. The van der Waals surface area contributed by atoms with Gasteiger partial charge in [0.2, 0.25) is 10.0 Å². The number of nitrogens with zero attached hydrogens (tertiary/aromatic N) is 4. The highest BCUT2D eigenvalue weighted by Crippen LogP contribution is 2.35. The Labute approximate surface area is 178 Å². The van der Waals surface area contributed by atoms with Crippen molar-refractivity contribution in [2.45, 2.75) is 17.8 Å². The summed E-state index contributed by atoms with van der Waals surface area (Å²) in [6, 6.07) is 19.0. The zero-order valence-corrected chi connectivity index (χ0v) is 17.8. The topological polar surface area (TPSA) is 76.9 Å². The van der Waals surface area contributed by atoms with Crippen molar-refractivity contribution in [3.05, 3.63) is 71.3 Å². The second kappa shape index (κ2) is 8.84. The zero-order chi connectivity index (χ0) is 21.1. The molecule has 2 atom stereocenters. The minimum atomic E-state index is -3.55. The van der Waals surface area contributed by atoms with Gasteiger partial charge in [0.05, 0.1) is 24.3 Å². The minimum Gasteiger partial charge on any atom is -0.297 e. The van der Waals surface area contributed by atoms with Crippen molar-refractivity contribution in [3.63, 3.8) is 0 Å². The van der Waals surface area contributed by atoms with Crippen LogP contribution in [0.4, 0.5) is 0 Å². The van der Waals surface area contributed by atoms with Crippen LogP contribution in [0.5, 0.6) is 0 Å². The van der Waals surface area contributed by atoms with E-state index in [4.69, 9.17) is 4.84 Å². The highest BCUT2D eigenvalue weighted by Gasteiger charge is 2.46. The predicted octanol–water partition coefficient (Wildman–Crippen LogP) is 1.99. The van der Waals surface area contributed by atoms with Crippen LogP contribution in [0.2, 0.25) is 0 Å². The van der Waals surface area contributed by atoms with Crippen molar-refractivity contribution in [1.29, 1.82) is 5.26 Å². The molecule has 158 valence electrons. The van der Waals surface area contributed by atoms with E-state index >= 15 is 0 Å². The van der Waals surface area contributed by atoms with Gasteiger partial charge in [0.1, 0.15) is 5.25 Å². The van der Waals surface area contributed by atoms with Crippen molar-refractivity contribution in [2.75, 3.05) is 39.8 Å². The van der Waals surface area contributed by atoms with Gasteiger partial charge in [-0.15, -0.1) is 0 Å². The predicted molar refractivity (Wildman–Crippen MR) is 114 cm³/mol. The fourth-order valence-corrected chi connectivity index (χ4v) is 6.18. The Morgan fingerprint density at radius 1 is 1.07 bits per heavy atom. The van der Waals surface area contributed by atoms with Crippen molar-refractivity contribution < 1.29 is 13.3 Å². The lowest BCUT2D eigenvalue weighted by atomic mass is 10.0. The number of hydrogen-bond donors (Lipinski definition) is 0. The van der Waals surface area contributed by atoms with Gasteiger partial charge in [0, 0.05) is 39.8 Å². The summed E-state index contributed by atoms with van der Waals surface area (Å²) in [4.78, 5) is 7.90. The minimum absolute atomic E-state index is 0.116. The number of hydrogen-bond acceptors (Lipinski definition) is 6. The Kier molecular flexibility index (Phi) is 6.18. The highest BCUT2D eigenvalue weighted by atomic mass is 32.2. The van der Waals surface area contributed by atoms with Crippen LogP contribution in [0.1, 0.15) is 22.7 Å². The maximum Gasteiger partial charge on any atom is 0.221 e. The maximum atomic E-state index is 13.5. The van der Waals surface area contributed by atoms with Crippen LogP contribution >= 0.6 is 0 Å². The van der Waals surface area contributed by atoms with E-state index in [1.807, 2.05) is 24.3 Å². The molecule has 8 heteroatoms. The van der Waals surface area contributed by atoms with Crippen LogP contribution in [-0.4, -0.2) is 67.8 Å². The van der Waals surface area contributed by atoms with Crippen molar-refractivity contribution in [3.8, 4) is 6.07 Å². The highest BCUT2D eigenvalue weighted by molar-refractivity contribution is 7.89. The number of nitriles is 1. The summed E-state index contributed by atoms with van der Waals surface area (Å²) in [5.74, 6) is 0. The van der Waals surface area contributed by atoms with Crippen molar-refractivity contribution in [1.82, 2.24) is 14.3 Å². The molecule has 0 radical (unpaired) electrons. The molecule has 2 heterocycles. The van der Waals surface area contributed by atoms with E-state index in [2.05, 4.69) is 23.1 Å². The first-order valence-electron chi connectivity index (χ1n) is 10.1. The average molecular weight is 427 g/mol. The van der Waals surface area contributed by atoms with Crippen molar-refractivity contribution in [2.24, 2.45) is 0 Å². The Bertz CT molecular complexity index is 1010. The first kappa shape index (κ1) is 21.0. The molecule has 7 nitrogen and oxygen atoms in total. The fraction of sp³-hybridized carbons (Fsp3) is 0.409. The molecular formula is C22H26N4O3S. The summed E-state index contributed by atoms with van der Waals surface area (Å²) < 4.78 is 28.5. The largest absolute Gasteiger partial charge is 0.297 e. The van der Waals surface area contributed by atoms with Gasteiger partial charge in [0.25, 0.3) is 0 Å².